The molecule has 0 unspecified atom stereocenters. The van der Waals surface area contributed by atoms with E-state index in [-0.39, 0.29) is 6.04 Å². The molecule has 6 nitrogen and oxygen atoms in total. The van der Waals surface area contributed by atoms with E-state index >= 15 is 0 Å². The molecule has 3 rings (SSSR count). The first kappa shape index (κ1) is 14.2. The molecular formula is C16H18N6. The van der Waals surface area contributed by atoms with Crippen LogP contribution in [0.5, 0.6) is 0 Å². The van der Waals surface area contributed by atoms with Crippen molar-refractivity contribution >= 4 is 5.95 Å². The number of aromatic amines is 1. The van der Waals surface area contributed by atoms with Gasteiger partial charge in [0.25, 0.3) is 0 Å². The standard InChI is InChI=1S/C16H18N6/c1-10-4-5-13(11(2)20-10)14-6-7-19-16(22-14)21-12(3)15-17-8-9-18-15/h4-9,12H,1-3H3,(H,17,18)(H,19,21,22)/t12-/m1/s1. The van der Waals surface area contributed by atoms with Gasteiger partial charge in [0.15, 0.2) is 0 Å². The summed E-state index contributed by atoms with van der Waals surface area (Å²) in [5.74, 6) is 1.42. The molecule has 0 saturated heterocycles. The summed E-state index contributed by atoms with van der Waals surface area (Å²) in [5, 5.41) is 3.25. The molecule has 1 atom stereocenters. The largest absolute Gasteiger partial charge is 0.347 e. The lowest BCUT2D eigenvalue weighted by molar-refractivity contribution is 0.795. The zero-order valence-electron chi connectivity index (χ0n) is 12.8. The van der Waals surface area contributed by atoms with Gasteiger partial charge in [0, 0.05) is 35.5 Å². The van der Waals surface area contributed by atoms with Gasteiger partial charge in [0.1, 0.15) is 5.82 Å². The fourth-order valence-corrected chi connectivity index (χ4v) is 2.31. The topological polar surface area (TPSA) is 79.4 Å². The lowest BCUT2D eigenvalue weighted by Crippen LogP contribution is -2.11. The van der Waals surface area contributed by atoms with E-state index in [9.17, 15) is 0 Å². The molecule has 0 aliphatic rings. The number of rotatable bonds is 4. The maximum absolute atomic E-state index is 4.58. The highest BCUT2D eigenvalue weighted by molar-refractivity contribution is 5.62. The third-order valence-corrected chi connectivity index (χ3v) is 3.43. The number of nitrogens with zero attached hydrogens (tertiary/aromatic N) is 4. The Hall–Kier alpha value is -2.76. The number of imidazole rings is 1. The second kappa shape index (κ2) is 5.93. The van der Waals surface area contributed by atoms with Crippen LogP contribution in [0.3, 0.4) is 0 Å². The van der Waals surface area contributed by atoms with Crippen LogP contribution in [0.2, 0.25) is 0 Å². The number of aryl methyl sites for hydroxylation is 2. The number of H-pyrrole nitrogens is 1. The maximum Gasteiger partial charge on any atom is 0.223 e. The molecule has 0 bridgehead atoms. The van der Waals surface area contributed by atoms with Crippen LogP contribution in [-0.2, 0) is 0 Å². The molecule has 0 aliphatic heterocycles. The third kappa shape index (κ3) is 2.95. The van der Waals surface area contributed by atoms with E-state index < -0.39 is 0 Å². The SMILES string of the molecule is Cc1ccc(-c2ccnc(N[C@H](C)c3ncc[nH]3)n2)c(C)n1. The minimum absolute atomic E-state index is 0.00231. The Balaban J connectivity index is 1.86. The van der Waals surface area contributed by atoms with Gasteiger partial charge in [-0.25, -0.2) is 15.0 Å². The fraction of sp³-hybridized carbons (Fsp3) is 0.250. The predicted molar refractivity (Wildman–Crippen MR) is 85.4 cm³/mol. The van der Waals surface area contributed by atoms with E-state index in [2.05, 4.69) is 30.2 Å². The number of nitrogens with one attached hydrogen (secondary N) is 2. The molecule has 0 fully saturated rings. The second-order valence-electron chi connectivity index (χ2n) is 5.19. The maximum atomic E-state index is 4.58. The van der Waals surface area contributed by atoms with Gasteiger partial charge in [-0.15, -0.1) is 0 Å². The van der Waals surface area contributed by atoms with Crippen molar-refractivity contribution in [2.75, 3.05) is 5.32 Å². The van der Waals surface area contributed by atoms with Crippen molar-refractivity contribution < 1.29 is 0 Å². The number of hydrogen-bond donors (Lipinski definition) is 2. The molecular weight excluding hydrogens is 276 g/mol. The Morgan fingerprint density at radius 2 is 1.91 bits per heavy atom. The van der Waals surface area contributed by atoms with Crippen molar-refractivity contribution in [2.45, 2.75) is 26.8 Å². The Bertz CT molecular complexity index is 766. The zero-order valence-corrected chi connectivity index (χ0v) is 12.8. The zero-order chi connectivity index (χ0) is 15.5. The average molecular weight is 294 g/mol. The minimum Gasteiger partial charge on any atom is -0.347 e. The molecule has 3 aromatic heterocycles. The van der Waals surface area contributed by atoms with Gasteiger partial charge in [-0.05, 0) is 39.0 Å². The molecule has 2 N–H and O–H groups in total. The van der Waals surface area contributed by atoms with Crippen LogP contribution >= 0.6 is 0 Å². The Morgan fingerprint density at radius 3 is 2.64 bits per heavy atom. The van der Waals surface area contributed by atoms with Crippen LogP contribution in [0, 0.1) is 13.8 Å². The summed E-state index contributed by atoms with van der Waals surface area (Å²) < 4.78 is 0. The first-order valence-corrected chi connectivity index (χ1v) is 7.17. The van der Waals surface area contributed by atoms with E-state index in [0.29, 0.717) is 5.95 Å². The summed E-state index contributed by atoms with van der Waals surface area (Å²) in [4.78, 5) is 20.7. The molecule has 3 heterocycles. The lowest BCUT2D eigenvalue weighted by Gasteiger charge is -2.12. The van der Waals surface area contributed by atoms with E-state index in [1.165, 1.54) is 0 Å². The lowest BCUT2D eigenvalue weighted by atomic mass is 10.1. The highest BCUT2D eigenvalue weighted by Gasteiger charge is 2.11. The molecule has 6 heteroatoms. The van der Waals surface area contributed by atoms with Crippen LogP contribution < -0.4 is 5.32 Å². The van der Waals surface area contributed by atoms with Crippen LogP contribution in [0.4, 0.5) is 5.95 Å². The van der Waals surface area contributed by atoms with Crippen molar-refractivity contribution in [3.05, 3.63) is 54.0 Å². The van der Waals surface area contributed by atoms with Gasteiger partial charge >= 0.3 is 0 Å². The normalized spacial score (nSPS) is 12.1. The summed E-state index contributed by atoms with van der Waals surface area (Å²) >= 11 is 0. The van der Waals surface area contributed by atoms with Gasteiger partial charge in [0.05, 0.1) is 11.7 Å². The van der Waals surface area contributed by atoms with Gasteiger partial charge in [-0.2, -0.15) is 0 Å². The van der Waals surface area contributed by atoms with Crippen LogP contribution in [-0.4, -0.2) is 24.9 Å². The van der Waals surface area contributed by atoms with E-state index in [4.69, 9.17) is 0 Å². The van der Waals surface area contributed by atoms with Crippen molar-refractivity contribution in [3.8, 4) is 11.3 Å². The van der Waals surface area contributed by atoms with Crippen LogP contribution in [0.1, 0.15) is 30.2 Å². The molecule has 112 valence electrons. The van der Waals surface area contributed by atoms with E-state index in [1.54, 1.807) is 18.6 Å². The van der Waals surface area contributed by atoms with E-state index in [0.717, 1.165) is 28.5 Å². The molecule has 0 radical (unpaired) electrons. The second-order valence-corrected chi connectivity index (χ2v) is 5.19. The molecule has 0 aliphatic carbocycles. The van der Waals surface area contributed by atoms with Crippen molar-refractivity contribution in [1.82, 2.24) is 24.9 Å². The van der Waals surface area contributed by atoms with Crippen LogP contribution in [0.25, 0.3) is 11.3 Å². The van der Waals surface area contributed by atoms with Crippen molar-refractivity contribution in [2.24, 2.45) is 0 Å². The molecule has 3 aromatic rings. The smallest absolute Gasteiger partial charge is 0.223 e. The van der Waals surface area contributed by atoms with Gasteiger partial charge in [0.2, 0.25) is 5.95 Å². The molecule has 0 spiro atoms. The number of hydrogen-bond acceptors (Lipinski definition) is 5. The first-order valence-electron chi connectivity index (χ1n) is 7.17. The van der Waals surface area contributed by atoms with Gasteiger partial charge < -0.3 is 10.3 Å². The summed E-state index contributed by atoms with van der Waals surface area (Å²) in [6, 6.07) is 5.92. The fourth-order valence-electron chi connectivity index (χ4n) is 2.31. The van der Waals surface area contributed by atoms with Gasteiger partial charge in [-0.1, -0.05) is 0 Å². The third-order valence-electron chi connectivity index (χ3n) is 3.43. The van der Waals surface area contributed by atoms with Gasteiger partial charge in [-0.3, -0.25) is 4.98 Å². The molecule has 0 amide bonds. The molecule has 0 aromatic carbocycles. The predicted octanol–water partition coefficient (Wildman–Crippen LogP) is 3.05. The highest BCUT2D eigenvalue weighted by atomic mass is 15.1. The Morgan fingerprint density at radius 1 is 1.05 bits per heavy atom. The Kier molecular flexibility index (Phi) is 3.82. The minimum atomic E-state index is 0.00231. The highest BCUT2D eigenvalue weighted by Crippen LogP contribution is 2.22. The first-order chi connectivity index (χ1) is 10.6. The Labute approximate surface area is 129 Å². The summed E-state index contributed by atoms with van der Waals surface area (Å²) in [5.41, 5.74) is 3.83. The number of aromatic nitrogens is 5. The summed E-state index contributed by atoms with van der Waals surface area (Å²) in [6.45, 7) is 5.98. The van der Waals surface area contributed by atoms with Crippen molar-refractivity contribution in [3.63, 3.8) is 0 Å². The number of anilines is 1. The summed E-state index contributed by atoms with van der Waals surface area (Å²) in [6.07, 6.45) is 5.27. The average Bonchev–Trinajstić information content (AvgIpc) is 3.02. The monoisotopic (exact) mass is 294 g/mol. The summed E-state index contributed by atoms with van der Waals surface area (Å²) in [7, 11) is 0. The molecule has 22 heavy (non-hydrogen) atoms. The van der Waals surface area contributed by atoms with E-state index in [1.807, 2.05) is 39.0 Å². The molecule has 0 saturated carbocycles. The number of pyridine rings is 1. The quantitative estimate of drug-likeness (QED) is 0.773. The van der Waals surface area contributed by atoms with Crippen LogP contribution in [0.15, 0.2) is 36.8 Å². The van der Waals surface area contributed by atoms with Crippen molar-refractivity contribution in [1.29, 1.82) is 0 Å².